The number of hydrogen-bond acceptors (Lipinski definition) is 5. The van der Waals surface area contributed by atoms with Crippen LogP contribution in [0.25, 0.3) is 0 Å². The molecule has 0 aliphatic rings. The molecule has 0 aromatic heterocycles. The van der Waals surface area contributed by atoms with Gasteiger partial charge >= 0.3 is 0 Å². The molecule has 0 saturated carbocycles. The van der Waals surface area contributed by atoms with Gasteiger partial charge in [-0.1, -0.05) is 29.8 Å². The van der Waals surface area contributed by atoms with Gasteiger partial charge in [-0.25, -0.2) is 8.42 Å². The first-order valence-electron chi connectivity index (χ1n) is 10.3. The molecule has 2 amide bonds. The zero-order valence-electron chi connectivity index (χ0n) is 19.2. The molecule has 0 radical (unpaired) electrons. The molecule has 0 saturated heterocycles. The van der Waals surface area contributed by atoms with Gasteiger partial charge in [-0.3, -0.25) is 9.59 Å². The molecule has 2 aromatic rings. The minimum Gasteiger partial charge on any atom is -0.497 e. The summed E-state index contributed by atoms with van der Waals surface area (Å²) in [6.45, 7) is 5.47. The van der Waals surface area contributed by atoms with Gasteiger partial charge in [0.15, 0.2) is 0 Å². The summed E-state index contributed by atoms with van der Waals surface area (Å²) in [6, 6.07) is 12.8. The quantitative estimate of drug-likeness (QED) is 0.585. The molecule has 0 unspecified atom stereocenters. The van der Waals surface area contributed by atoms with Crippen LogP contribution >= 0.6 is 0 Å². The lowest BCUT2D eigenvalue weighted by molar-refractivity contribution is -0.140. The summed E-state index contributed by atoms with van der Waals surface area (Å²) in [5.41, 5.74) is 1.73. The van der Waals surface area contributed by atoms with E-state index >= 15 is 0 Å². The Kier molecular flexibility index (Phi) is 8.80. The zero-order chi connectivity index (χ0) is 23.9. The summed E-state index contributed by atoms with van der Waals surface area (Å²) in [5.74, 6) is -0.108. The number of methoxy groups -OCH3 is 1. The van der Waals surface area contributed by atoms with Gasteiger partial charge in [-0.2, -0.15) is 4.31 Å². The van der Waals surface area contributed by atoms with Crippen LogP contribution in [0.4, 0.5) is 0 Å². The number of nitrogens with zero attached hydrogens (tertiary/aromatic N) is 2. The van der Waals surface area contributed by atoms with Crippen LogP contribution in [0.5, 0.6) is 5.75 Å². The molecule has 8 nitrogen and oxygen atoms in total. The van der Waals surface area contributed by atoms with Crippen molar-refractivity contribution in [1.82, 2.24) is 14.5 Å². The van der Waals surface area contributed by atoms with Crippen molar-refractivity contribution in [3.63, 3.8) is 0 Å². The third kappa shape index (κ3) is 6.30. The second-order valence-corrected chi connectivity index (χ2v) is 9.56. The standard InChI is InChI=1S/C23H31N3O5S/c1-6-24-23(28)18(3)26(15-19-9-11-20(31-5)12-10-19)22(27)16-25(4)32(29,30)21-13-7-17(2)8-14-21/h7-14,18H,6,15-16H2,1-5H3,(H,24,28)/t18-/m1/s1. The summed E-state index contributed by atoms with van der Waals surface area (Å²) < 4.78 is 32.0. The Morgan fingerprint density at radius 1 is 1.06 bits per heavy atom. The van der Waals surface area contributed by atoms with E-state index in [-0.39, 0.29) is 17.3 Å². The van der Waals surface area contributed by atoms with E-state index in [4.69, 9.17) is 4.74 Å². The molecule has 1 N–H and O–H groups in total. The van der Waals surface area contributed by atoms with Crippen molar-refractivity contribution in [3.8, 4) is 5.75 Å². The van der Waals surface area contributed by atoms with E-state index in [9.17, 15) is 18.0 Å². The molecule has 1 atom stereocenters. The van der Waals surface area contributed by atoms with Crippen molar-refractivity contribution in [1.29, 1.82) is 0 Å². The van der Waals surface area contributed by atoms with Gasteiger partial charge in [0.05, 0.1) is 18.6 Å². The largest absolute Gasteiger partial charge is 0.497 e. The summed E-state index contributed by atoms with van der Waals surface area (Å²) in [6.07, 6.45) is 0. The van der Waals surface area contributed by atoms with E-state index in [2.05, 4.69) is 5.32 Å². The monoisotopic (exact) mass is 461 g/mol. The fourth-order valence-electron chi connectivity index (χ4n) is 3.09. The van der Waals surface area contributed by atoms with Crippen LogP contribution in [0.1, 0.15) is 25.0 Å². The lowest BCUT2D eigenvalue weighted by Gasteiger charge is -2.30. The summed E-state index contributed by atoms with van der Waals surface area (Å²) in [7, 11) is -0.935. The van der Waals surface area contributed by atoms with Crippen molar-refractivity contribution in [2.24, 2.45) is 0 Å². The molecular formula is C23H31N3O5S. The molecule has 0 heterocycles. The lowest BCUT2D eigenvalue weighted by Crippen LogP contribution is -2.50. The average molecular weight is 462 g/mol. The highest BCUT2D eigenvalue weighted by atomic mass is 32.2. The predicted octanol–water partition coefficient (Wildman–Crippen LogP) is 2.18. The SMILES string of the molecule is CCNC(=O)[C@@H](C)N(Cc1ccc(OC)cc1)C(=O)CN(C)S(=O)(=O)c1ccc(C)cc1. The van der Waals surface area contributed by atoms with E-state index in [0.717, 1.165) is 15.4 Å². The number of sulfonamides is 1. The first-order chi connectivity index (χ1) is 15.1. The van der Waals surface area contributed by atoms with E-state index in [1.807, 2.05) is 6.92 Å². The molecule has 2 aromatic carbocycles. The van der Waals surface area contributed by atoms with Gasteiger partial charge in [0.2, 0.25) is 21.8 Å². The maximum Gasteiger partial charge on any atom is 0.243 e. The number of ether oxygens (including phenoxy) is 1. The second kappa shape index (κ2) is 11.1. The summed E-state index contributed by atoms with van der Waals surface area (Å²) in [5, 5.41) is 2.71. The van der Waals surface area contributed by atoms with Gasteiger partial charge < -0.3 is 15.0 Å². The van der Waals surface area contributed by atoms with Gasteiger partial charge in [0, 0.05) is 20.1 Å². The minimum absolute atomic E-state index is 0.108. The highest BCUT2D eigenvalue weighted by molar-refractivity contribution is 7.89. The van der Waals surface area contributed by atoms with Crippen LogP contribution in [0, 0.1) is 6.92 Å². The number of benzene rings is 2. The Morgan fingerprint density at radius 2 is 1.66 bits per heavy atom. The first-order valence-corrected chi connectivity index (χ1v) is 11.8. The Bertz CT molecular complexity index is 1020. The number of rotatable bonds is 10. The molecule has 0 aliphatic heterocycles. The Hall–Kier alpha value is -2.91. The topological polar surface area (TPSA) is 96.0 Å². The number of hydrogen-bond donors (Lipinski definition) is 1. The second-order valence-electron chi connectivity index (χ2n) is 7.51. The first kappa shape index (κ1) is 25.4. The number of aryl methyl sites for hydroxylation is 1. The van der Waals surface area contributed by atoms with Gasteiger partial charge in [0.1, 0.15) is 11.8 Å². The molecule has 2 rings (SSSR count). The minimum atomic E-state index is -3.85. The van der Waals surface area contributed by atoms with Crippen molar-refractivity contribution in [3.05, 3.63) is 59.7 Å². The van der Waals surface area contributed by atoms with Crippen LogP contribution in [0.15, 0.2) is 53.4 Å². The predicted molar refractivity (Wildman–Crippen MR) is 123 cm³/mol. The highest BCUT2D eigenvalue weighted by Crippen LogP contribution is 2.18. The van der Waals surface area contributed by atoms with Crippen LogP contribution in [0.2, 0.25) is 0 Å². The van der Waals surface area contributed by atoms with Crippen molar-refractivity contribution in [2.45, 2.75) is 38.3 Å². The number of nitrogens with one attached hydrogen (secondary N) is 1. The molecule has 0 aliphatic carbocycles. The molecular weight excluding hydrogens is 430 g/mol. The van der Waals surface area contributed by atoms with Crippen molar-refractivity contribution < 1.29 is 22.7 Å². The van der Waals surface area contributed by atoms with Gasteiger partial charge in [0.25, 0.3) is 0 Å². The van der Waals surface area contributed by atoms with E-state index in [1.165, 1.54) is 24.1 Å². The van der Waals surface area contributed by atoms with Crippen LogP contribution < -0.4 is 10.1 Å². The highest BCUT2D eigenvalue weighted by Gasteiger charge is 2.30. The van der Waals surface area contributed by atoms with Crippen molar-refractivity contribution in [2.75, 3.05) is 27.2 Å². The Labute approximate surface area is 190 Å². The molecule has 0 fully saturated rings. The van der Waals surface area contributed by atoms with Crippen molar-refractivity contribution >= 4 is 21.8 Å². The van der Waals surface area contributed by atoms with Crippen LogP contribution in [0.3, 0.4) is 0 Å². The zero-order valence-corrected chi connectivity index (χ0v) is 20.0. The third-order valence-electron chi connectivity index (χ3n) is 5.12. The maximum absolute atomic E-state index is 13.2. The Morgan fingerprint density at radius 3 is 2.19 bits per heavy atom. The van der Waals surface area contributed by atoms with E-state index in [1.54, 1.807) is 57.4 Å². The number of likely N-dealkylation sites (N-methyl/N-ethyl adjacent to an activating group) is 2. The number of amides is 2. The average Bonchev–Trinajstić information content (AvgIpc) is 2.77. The number of carbonyl (C=O) groups is 2. The third-order valence-corrected chi connectivity index (χ3v) is 6.93. The van der Waals surface area contributed by atoms with E-state index in [0.29, 0.717) is 12.3 Å². The number of carbonyl (C=O) groups excluding carboxylic acids is 2. The fourth-order valence-corrected chi connectivity index (χ4v) is 4.21. The lowest BCUT2D eigenvalue weighted by atomic mass is 10.1. The molecule has 174 valence electrons. The van der Waals surface area contributed by atoms with E-state index < -0.39 is 28.5 Å². The maximum atomic E-state index is 13.2. The van der Waals surface area contributed by atoms with Crippen LogP contribution in [-0.2, 0) is 26.2 Å². The fraction of sp³-hybridized carbons (Fsp3) is 0.391. The molecule has 0 bridgehead atoms. The molecule has 9 heteroatoms. The molecule has 0 spiro atoms. The Balaban J connectivity index is 2.25. The van der Waals surface area contributed by atoms with Gasteiger partial charge in [-0.05, 0) is 50.6 Å². The summed E-state index contributed by atoms with van der Waals surface area (Å²) in [4.78, 5) is 27.1. The normalized spacial score (nSPS) is 12.3. The molecule has 32 heavy (non-hydrogen) atoms. The smallest absolute Gasteiger partial charge is 0.243 e. The van der Waals surface area contributed by atoms with Gasteiger partial charge in [-0.15, -0.1) is 0 Å². The summed E-state index contributed by atoms with van der Waals surface area (Å²) >= 11 is 0. The van der Waals surface area contributed by atoms with Crippen LogP contribution in [-0.4, -0.2) is 62.7 Å².